The van der Waals surface area contributed by atoms with Crippen molar-refractivity contribution in [3.05, 3.63) is 70.8 Å². The van der Waals surface area contributed by atoms with Gasteiger partial charge in [0.25, 0.3) is 0 Å². The van der Waals surface area contributed by atoms with E-state index >= 15 is 0 Å². The van der Waals surface area contributed by atoms with Crippen molar-refractivity contribution in [1.29, 1.82) is 0 Å². The van der Waals surface area contributed by atoms with Gasteiger partial charge >= 0.3 is 12.1 Å². The number of halogens is 4. The van der Waals surface area contributed by atoms with Gasteiger partial charge in [-0.25, -0.2) is 4.79 Å². The summed E-state index contributed by atoms with van der Waals surface area (Å²) in [6.45, 7) is 0.635. The summed E-state index contributed by atoms with van der Waals surface area (Å²) in [5, 5.41) is 0. The zero-order valence-electron chi connectivity index (χ0n) is 15.0. The summed E-state index contributed by atoms with van der Waals surface area (Å²) >= 11 is 0. The molecule has 0 aromatic heterocycles. The van der Waals surface area contributed by atoms with Crippen LogP contribution in [-0.2, 0) is 22.9 Å². The number of carbonyl (C=O) groups excluding carboxylic acids is 1. The Bertz CT molecular complexity index is 806. The van der Waals surface area contributed by atoms with Crippen LogP contribution in [0.3, 0.4) is 0 Å². The van der Waals surface area contributed by atoms with E-state index in [9.17, 15) is 18.0 Å². The first-order valence-corrected chi connectivity index (χ1v) is 8.35. The second kappa shape index (κ2) is 7.90. The molecule has 1 unspecified atom stereocenters. The molecule has 2 aromatic carbocycles. The molecule has 1 heterocycles. The smallest absolute Gasteiger partial charge is 0.416 e. The van der Waals surface area contributed by atoms with E-state index in [-0.39, 0.29) is 12.4 Å². The van der Waals surface area contributed by atoms with Crippen LogP contribution < -0.4 is 0 Å². The van der Waals surface area contributed by atoms with E-state index in [1.165, 1.54) is 12.1 Å². The third-order valence-electron chi connectivity index (χ3n) is 4.70. The minimum atomic E-state index is -4.40. The third kappa shape index (κ3) is 4.45. The van der Waals surface area contributed by atoms with Gasteiger partial charge in [-0.1, -0.05) is 30.3 Å². The molecule has 1 aliphatic heterocycles. The van der Waals surface area contributed by atoms with Crippen LogP contribution in [0.1, 0.15) is 33.5 Å². The Hall–Kier alpha value is -2.05. The maximum Gasteiger partial charge on any atom is 0.416 e. The van der Waals surface area contributed by atoms with Crippen LogP contribution in [0.15, 0.2) is 48.5 Å². The van der Waals surface area contributed by atoms with Crippen molar-refractivity contribution in [3.63, 3.8) is 0 Å². The Morgan fingerprint density at radius 2 is 1.70 bits per heavy atom. The topological polar surface area (TPSA) is 29.5 Å². The van der Waals surface area contributed by atoms with Crippen LogP contribution in [0.2, 0.25) is 0 Å². The fraction of sp³-hybridized carbons (Fsp3) is 0.350. The molecule has 0 amide bonds. The Balaban J connectivity index is 0.00000261. The van der Waals surface area contributed by atoms with Crippen molar-refractivity contribution in [1.82, 2.24) is 4.90 Å². The van der Waals surface area contributed by atoms with Crippen LogP contribution >= 0.6 is 12.4 Å². The van der Waals surface area contributed by atoms with Crippen molar-refractivity contribution in [3.8, 4) is 0 Å². The number of benzene rings is 2. The summed E-state index contributed by atoms with van der Waals surface area (Å²) in [6.07, 6.45) is -3.47. The molecule has 0 radical (unpaired) electrons. The Morgan fingerprint density at radius 1 is 1.07 bits per heavy atom. The highest BCUT2D eigenvalue weighted by Crippen LogP contribution is 2.40. The molecule has 3 nitrogen and oxygen atoms in total. The van der Waals surface area contributed by atoms with E-state index in [2.05, 4.69) is 0 Å². The predicted octanol–water partition coefficient (Wildman–Crippen LogP) is 4.69. The molecule has 0 fully saturated rings. The normalized spacial score (nSPS) is 19.3. The predicted molar refractivity (Wildman–Crippen MR) is 99.1 cm³/mol. The van der Waals surface area contributed by atoms with Gasteiger partial charge in [0.15, 0.2) is 0 Å². The van der Waals surface area contributed by atoms with Gasteiger partial charge in [0.2, 0.25) is 0 Å². The quantitative estimate of drug-likeness (QED) is 0.699. The van der Waals surface area contributed by atoms with Gasteiger partial charge in [0.05, 0.1) is 11.1 Å². The Labute approximate surface area is 162 Å². The van der Waals surface area contributed by atoms with Crippen LogP contribution in [0, 0.1) is 0 Å². The van der Waals surface area contributed by atoms with E-state index in [0.29, 0.717) is 30.5 Å². The Morgan fingerprint density at radius 3 is 2.30 bits per heavy atom. The molecule has 2 aromatic rings. The van der Waals surface area contributed by atoms with Gasteiger partial charge < -0.3 is 9.64 Å². The molecule has 3 rings (SSSR count). The first-order chi connectivity index (χ1) is 12.2. The lowest BCUT2D eigenvalue weighted by atomic mass is 9.80. The molecule has 27 heavy (non-hydrogen) atoms. The van der Waals surface area contributed by atoms with Crippen LogP contribution in [0.25, 0.3) is 0 Å². The molecule has 0 aliphatic carbocycles. The van der Waals surface area contributed by atoms with Gasteiger partial charge in [0.1, 0.15) is 5.60 Å². The van der Waals surface area contributed by atoms with Crippen LogP contribution in [0.4, 0.5) is 13.2 Å². The molecule has 7 heteroatoms. The summed E-state index contributed by atoms with van der Waals surface area (Å²) in [5.41, 5.74) is 0.254. The molecule has 0 N–H and O–H groups in total. The summed E-state index contributed by atoms with van der Waals surface area (Å²) in [6, 6.07) is 12.1. The summed E-state index contributed by atoms with van der Waals surface area (Å²) in [5.74, 6) is -0.439. The van der Waals surface area contributed by atoms with E-state index in [4.69, 9.17) is 4.74 Å². The van der Waals surface area contributed by atoms with E-state index in [0.717, 1.165) is 17.7 Å². The first-order valence-electron chi connectivity index (χ1n) is 8.35. The number of alkyl halides is 3. The minimum Gasteiger partial charge on any atom is -0.450 e. The van der Waals surface area contributed by atoms with Crippen LogP contribution in [0.5, 0.6) is 0 Å². The first kappa shape index (κ1) is 21.3. The highest BCUT2D eigenvalue weighted by Gasteiger charge is 2.42. The molecule has 0 bridgehead atoms. The van der Waals surface area contributed by atoms with Gasteiger partial charge in [0, 0.05) is 19.4 Å². The number of hydrogen-bond acceptors (Lipinski definition) is 3. The highest BCUT2D eigenvalue weighted by molar-refractivity contribution is 5.92. The standard InChI is InChI=1S/C20H20F3NO2.ClH/c1-24(2)12-11-19(15-7-9-16(10-8-15)20(21,22)23)13-14-5-3-4-6-17(14)18(25)26-19;/h3-10H,11-13H2,1-2H3;1H. The number of hydrogen-bond donors (Lipinski definition) is 0. The monoisotopic (exact) mass is 399 g/mol. The highest BCUT2D eigenvalue weighted by atomic mass is 35.5. The molecule has 0 saturated carbocycles. The SMILES string of the molecule is CN(C)CCC1(c2ccc(C(F)(F)F)cc2)Cc2ccccc2C(=O)O1.Cl. The van der Waals surface area contributed by atoms with E-state index < -0.39 is 23.3 Å². The minimum absolute atomic E-state index is 0. The number of esters is 1. The molecule has 0 saturated heterocycles. The lowest BCUT2D eigenvalue weighted by Gasteiger charge is -2.39. The van der Waals surface area contributed by atoms with Crippen molar-refractivity contribution in [2.75, 3.05) is 20.6 Å². The number of carbonyl (C=O) groups is 1. The number of nitrogens with zero attached hydrogens (tertiary/aromatic N) is 1. The largest absolute Gasteiger partial charge is 0.450 e. The third-order valence-corrected chi connectivity index (χ3v) is 4.70. The molecular formula is C20H21ClF3NO2. The van der Waals surface area contributed by atoms with Gasteiger partial charge in [-0.2, -0.15) is 13.2 Å². The number of fused-ring (bicyclic) bond motifs is 1. The summed E-state index contributed by atoms with van der Waals surface area (Å²) < 4.78 is 44.5. The maximum absolute atomic E-state index is 12.9. The van der Waals surface area contributed by atoms with Crippen molar-refractivity contribution in [2.24, 2.45) is 0 Å². The average Bonchev–Trinajstić information content (AvgIpc) is 2.59. The zero-order chi connectivity index (χ0) is 18.9. The van der Waals surface area contributed by atoms with Crippen molar-refractivity contribution in [2.45, 2.75) is 24.6 Å². The summed E-state index contributed by atoms with van der Waals surface area (Å²) in [7, 11) is 3.80. The fourth-order valence-electron chi connectivity index (χ4n) is 3.26. The number of cyclic esters (lactones) is 1. The van der Waals surface area contributed by atoms with Gasteiger partial charge in [-0.05, 0) is 43.4 Å². The molecule has 1 atom stereocenters. The second-order valence-electron chi connectivity index (χ2n) is 6.85. The zero-order valence-corrected chi connectivity index (χ0v) is 15.9. The molecule has 0 spiro atoms. The maximum atomic E-state index is 12.9. The molecular weight excluding hydrogens is 379 g/mol. The molecule has 146 valence electrons. The average molecular weight is 400 g/mol. The van der Waals surface area contributed by atoms with Crippen LogP contribution in [-0.4, -0.2) is 31.5 Å². The van der Waals surface area contributed by atoms with Gasteiger partial charge in [-0.15, -0.1) is 12.4 Å². The fourth-order valence-corrected chi connectivity index (χ4v) is 3.26. The van der Waals surface area contributed by atoms with E-state index in [1.54, 1.807) is 12.1 Å². The second-order valence-corrected chi connectivity index (χ2v) is 6.85. The summed E-state index contributed by atoms with van der Waals surface area (Å²) in [4.78, 5) is 14.5. The lowest BCUT2D eigenvalue weighted by molar-refractivity contribution is -0.137. The number of ether oxygens (including phenoxy) is 1. The Kier molecular flexibility index (Phi) is 6.22. The molecule has 1 aliphatic rings. The lowest BCUT2D eigenvalue weighted by Crippen LogP contribution is -2.41. The van der Waals surface area contributed by atoms with Crippen molar-refractivity contribution < 1.29 is 22.7 Å². The number of rotatable bonds is 4. The van der Waals surface area contributed by atoms with Gasteiger partial charge in [-0.3, -0.25) is 0 Å². The van der Waals surface area contributed by atoms with Crippen molar-refractivity contribution >= 4 is 18.4 Å². The van der Waals surface area contributed by atoms with E-state index in [1.807, 2.05) is 31.1 Å².